The minimum Gasteiger partial charge on any atom is -0.353 e. The van der Waals surface area contributed by atoms with Crippen molar-refractivity contribution in [3.8, 4) is 0 Å². The summed E-state index contributed by atoms with van der Waals surface area (Å²) in [6.45, 7) is 0. The monoisotopic (exact) mass is 244 g/mol. The Bertz CT molecular complexity index is 298. The number of hydrogen-bond donors (Lipinski definition) is 1. The number of nitrogens with zero attached hydrogens (tertiary/aromatic N) is 1. The molecule has 0 bridgehead atoms. The highest BCUT2D eigenvalue weighted by Crippen LogP contribution is 2.27. The standard InChI is InChI=1S/C11H17FN2OS/c1-16-8-4-2-3-7(5-8)14-11(15)9-6-13-10(9)12/h6-10H,2-5H2,1H3,(H,14,15). The van der Waals surface area contributed by atoms with Crippen LogP contribution in [0, 0.1) is 5.92 Å². The number of carbonyl (C=O) groups is 1. The normalized spacial score (nSPS) is 37.9. The SMILES string of the molecule is CSC1CCCC(NC(=O)C2C=NC2F)C1. The highest BCUT2D eigenvalue weighted by molar-refractivity contribution is 7.99. The van der Waals surface area contributed by atoms with Gasteiger partial charge in [-0.25, -0.2) is 4.39 Å². The second-order valence-corrected chi connectivity index (χ2v) is 5.56. The molecular formula is C11H17FN2OS. The van der Waals surface area contributed by atoms with Gasteiger partial charge in [-0.05, 0) is 25.5 Å². The van der Waals surface area contributed by atoms with E-state index in [9.17, 15) is 9.18 Å². The third-order valence-corrected chi connectivity index (χ3v) is 4.39. The molecule has 0 radical (unpaired) electrons. The molecule has 1 heterocycles. The Balaban J connectivity index is 1.80. The number of thioether (sulfide) groups is 1. The van der Waals surface area contributed by atoms with Crippen LogP contribution in [-0.4, -0.2) is 36.0 Å². The van der Waals surface area contributed by atoms with Crippen LogP contribution in [0.3, 0.4) is 0 Å². The molecule has 1 fully saturated rings. The number of carbonyl (C=O) groups excluding carboxylic acids is 1. The lowest BCUT2D eigenvalue weighted by atomic mass is 9.94. The molecule has 0 spiro atoms. The van der Waals surface area contributed by atoms with E-state index >= 15 is 0 Å². The Morgan fingerprint density at radius 2 is 2.38 bits per heavy atom. The first-order valence-electron chi connectivity index (χ1n) is 5.71. The molecule has 1 aliphatic heterocycles. The molecule has 1 aliphatic carbocycles. The van der Waals surface area contributed by atoms with Crippen molar-refractivity contribution < 1.29 is 9.18 Å². The van der Waals surface area contributed by atoms with Crippen molar-refractivity contribution in [1.82, 2.24) is 5.32 Å². The summed E-state index contributed by atoms with van der Waals surface area (Å²) in [6, 6.07) is 0.222. The molecule has 1 amide bonds. The minimum absolute atomic E-state index is 0.200. The molecule has 90 valence electrons. The van der Waals surface area contributed by atoms with Gasteiger partial charge in [-0.2, -0.15) is 11.8 Å². The van der Waals surface area contributed by atoms with E-state index < -0.39 is 12.2 Å². The van der Waals surface area contributed by atoms with Crippen LogP contribution in [0.15, 0.2) is 4.99 Å². The van der Waals surface area contributed by atoms with Crippen molar-refractivity contribution in [1.29, 1.82) is 0 Å². The van der Waals surface area contributed by atoms with Gasteiger partial charge in [-0.15, -0.1) is 0 Å². The predicted octanol–water partition coefficient (Wildman–Crippen LogP) is 1.77. The highest BCUT2D eigenvalue weighted by Gasteiger charge is 2.34. The smallest absolute Gasteiger partial charge is 0.233 e. The van der Waals surface area contributed by atoms with Gasteiger partial charge in [-0.3, -0.25) is 9.79 Å². The molecular weight excluding hydrogens is 227 g/mol. The molecule has 0 aromatic carbocycles. The van der Waals surface area contributed by atoms with Crippen molar-refractivity contribution in [2.45, 2.75) is 43.3 Å². The van der Waals surface area contributed by atoms with E-state index in [0.29, 0.717) is 5.25 Å². The quantitative estimate of drug-likeness (QED) is 0.769. The van der Waals surface area contributed by atoms with E-state index in [1.165, 1.54) is 12.6 Å². The van der Waals surface area contributed by atoms with E-state index in [-0.39, 0.29) is 11.9 Å². The maximum absolute atomic E-state index is 12.9. The first-order chi connectivity index (χ1) is 7.70. The van der Waals surface area contributed by atoms with Crippen molar-refractivity contribution in [2.75, 3.05) is 6.26 Å². The molecule has 1 saturated carbocycles. The third-order valence-electron chi connectivity index (χ3n) is 3.29. The maximum Gasteiger partial charge on any atom is 0.233 e. The van der Waals surface area contributed by atoms with Crippen LogP contribution in [0.5, 0.6) is 0 Å². The zero-order valence-corrected chi connectivity index (χ0v) is 10.2. The van der Waals surface area contributed by atoms with Crippen molar-refractivity contribution in [3.05, 3.63) is 0 Å². The van der Waals surface area contributed by atoms with Crippen molar-refractivity contribution in [2.24, 2.45) is 10.9 Å². The van der Waals surface area contributed by atoms with Gasteiger partial charge in [0.25, 0.3) is 0 Å². The predicted molar refractivity (Wildman–Crippen MR) is 64.6 cm³/mol. The average Bonchev–Trinajstić information content (AvgIpc) is 2.27. The topological polar surface area (TPSA) is 41.5 Å². The van der Waals surface area contributed by atoms with E-state index in [2.05, 4.69) is 16.6 Å². The molecule has 2 rings (SSSR count). The number of amides is 1. The summed E-state index contributed by atoms with van der Waals surface area (Å²) in [5.41, 5.74) is 0. The van der Waals surface area contributed by atoms with Crippen molar-refractivity contribution >= 4 is 23.9 Å². The van der Waals surface area contributed by atoms with E-state index in [0.717, 1.165) is 19.3 Å². The lowest BCUT2D eigenvalue weighted by Crippen LogP contribution is -2.47. The molecule has 2 aliphatic rings. The maximum atomic E-state index is 12.9. The summed E-state index contributed by atoms with van der Waals surface area (Å²) in [4.78, 5) is 15.1. The minimum atomic E-state index is -1.32. The zero-order chi connectivity index (χ0) is 11.5. The summed E-state index contributed by atoms with van der Waals surface area (Å²) in [5.74, 6) is -0.844. The number of nitrogens with one attached hydrogen (secondary N) is 1. The summed E-state index contributed by atoms with van der Waals surface area (Å²) >= 11 is 1.85. The van der Waals surface area contributed by atoms with Gasteiger partial charge in [-0.1, -0.05) is 6.42 Å². The Hall–Kier alpha value is -0.580. The first-order valence-corrected chi connectivity index (χ1v) is 7.00. The highest BCUT2D eigenvalue weighted by atomic mass is 32.2. The summed E-state index contributed by atoms with van der Waals surface area (Å²) in [5, 5.41) is 3.57. The number of aliphatic imine (C=N–C) groups is 1. The van der Waals surface area contributed by atoms with E-state index in [4.69, 9.17) is 0 Å². The van der Waals surface area contributed by atoms with Gasteiger partial charge in [0.2, 0.25) is 12.2 Å². The van der Waals surface area contributed by atoms with Crippen LogP contribution >= 0.6 is 11.8 Å². The number of halogens is 1. The number of rotatable bonds is 3. The first kappa shape index (κ1) is 11.9. The zero-order valence-electron chi connectivity index (χ0n) is 9.36. The van der Waals surface area contributed by atoms with Crippen molar-refractivity contribution in [3.63, 3.8) is 0 Å². The largest absolute Gasteiger partial charge is 0.353 e. The number of alkyl halides is 1. The fraction of sp³-hybridized carbons (Fsp3) is 0.818. The molecule has 0 aromatic heterocycles. The third kappa shape index (κ3) is 2.56. The lowest BCUT2D eigenvalue weighted by Gasteiger charge is -2.30. The molecule has 5 heteroatoms. The van der Waals surface area contributed by atoms with Crippen LogP contribution in [0.2, 0.25) is 0 Å². The van der Waals surface area contributed by atoms with Gasteiger partial charge >= 0.3 is 0 Å². The molecule has 0 saturated heterocycles. The molecule has 4 unspecified atom stereocenters. The van der Waals surface area contributed by atoms with Gasteiger partial charge in [0, 0.05) is 17.5 Å². The summed E-state index contributed by atoms with van der Waals surface area (Å²) in [6.07, 6.45) is 6.58. The molecule has 1 N–H and O–H groups in total. The van der Waals surface area contributed by atoms with Crippen LogP contribution in [0.4, 0.5) is 4.39 Å². The van der Waals surface area contributed by atoms with E-state index in [1.54, 1.807) is 0 Å². The van der Waals surface area contributed by atoms with Gasteiger partial charge in [0.05, 0.1) is 0 Å². The molecule has 0 aromatic rings. The Kier molecular flexibility index (Phi) is 3.84. The second-order valence-electron chi connectivity index (χ2n) is 4.43. The van der Waals surface area contributed by atoms with Crippen LogP contribution < -0.4 is 5.32 Å². The fourth-order valence-electron chi connectivity index (χ4n) is 2.22. The van der Waals surface area contributed by atoms with Crippen LogP contribution in [0.25, 0.3) is 0 Å². The van der Waals surface area contributed by atoms with Crippen LogP contribution in [-0.2, 0) is 4.79 Å². The number of hydrogen-bond acceptors (Lipinski definition) is 3. The Morgan fingerprint density at radius 1 is 1.56 bits per heavy atom. The van der Waals surface area contributed by atoms with Gasteiger partial charge in [0.15, 0.2) is 0 Å². The van der Waals surface area contributed by atoms with Gasteiger partial charge in [0.1, 0.15) is 5.92 Å². The summed E-state index contributed by atoms with van der Waals surface area (Å²) in [7, 11) is 0. The fourth-order valence-corrected chi connectivity index (χ4v) is 3.04. The Labute approximate surface area is 99.3 Å². The molecule has 4 atom stereocenters. The Morgan fingerprint density at radius 3 is 2.94 bits per heavy atom. The van der Waals surface area contributed by atoms with Gasteiger partial charge < -0.3 is 5.32 Å². The summed E-state index contributed by atoms with van der Waals surface area (Å²) < 4.78 is 12.9. The second kappa shape index (κ2) is 5.17. The van der Waals surface area contributed by atoms with E-state index in [1.807, 2.05) is 11.8 Å². The van der Waals surface area contributed by atoms with Crippen LogP contribution in [0.1, 0.15) is 25.7 Å². The average molecular weight is 244 g/mol. The molecule has 3 nitrogen and oxygen atoms in total. The molecule has 16 heavy (non-hydrogen) atoms. The lowest BCUT2D eigenvalue weighted by molar-refractivity contribution is -0.125.